The Labute approximate surface area is 170 Å². The van der Waals surface area contributed by atoms with Gasteiger partial charge >= 0.3 is 6.03 Å². The van der Waals surface area contributed by atoms with Crippen LogP contribution in [0.3, 0.4) is 0 Å². The molecule has 2 fully saturated rings. The molecule has 2 heterocycles. The van der Waals surface area contributed by atoms with Gasteiger partial charge in [-0.3, -0.25) is 14.5 Å². The number of hydrogen-bond donors (Lipinski definition) is 3. The maximum atomic E-state index is 12.7. The van der Waals surface area contributed by atoms with E-state index >= 15 is 0 Å². The number of aromatic amines is 1. The van der Waals surface area contributed by atoms with Gasteiger partial charge in [0.05, 0.1) is 6.42 Å². The third kappa shape index (κ3) is 4.44. The molecule has 1 aliphatic heterocycles. The van der Waals surface area contributed by atoms with E-state index in [0.29, 0.717) is 13.0 Å². The zero-order valence-electron chi connectivity index (χ0n) is 16.6. The van der Waals surface area contributed by atoms with Gasteiger partial charge in [0.25, 0.3) is 5.91 Å². The highest BCUT2D eigenvalue weighted by atomic mass is 16.2. The van der Waals surface area contributed by atoms with Crippen LogP contribution in [0.2, 0.25) is 0 Å². The van der Waals surface area contributed by atoms with Crippen LogP contribution < -0.4 is 10.6 Å². The number of H-pyrrole nitrogens is 1. The van der Waals surface area contributed by atoms with Gasteiger partial charge in [0.1, 0.15) is 6.04 Å². The zero-order valence-corrected chi connectivity index (χ0v) is 16.6. The Morgan fingerprint density at radius 2 is 1.86 bits per heavy atom. The Hall–Kier alpha value is -2.83. The summed E-state index contributed by atoms with van der Waals surface area (Å²) in [6, 6.07) is 6.96. The third-order valence-electron chi connectivity index (χ3n) is 6.00. The average Bonchev–Trinajstić information content (AvgIpc) is 3.10. The number of nitrogens with zero attached hydrogens (tertiary/aromatic N) is 1. The number of nitrogens with one attached hydrogen (secondary N) is 3. The van der Waals surface area contributed by atoms with Crippen molar-refractivity contribution in [3.63, 3.8) is 0 Å². The Morgan fingerprint density at radius 1 is 1.10 bits per heavy atom. The minimum absolute atomic E-state index is 0.00462. The Bertz CT molecular complexity index is 898. The lowest BCUT2D eigenvalue weighted by Crippen LogP contribution is -2.40. The molecule has 1 atom stereocenters. The second kappa shape index (κ2) is 8.68. The van der Waals surface area contributed by atoms with E-state index in [-0.39, 0.29) is 24.3 Å². The molecule has 7 nitrogen and oxygen atoms in total. The molecule has 1 aliphatic carbocycles. The highest BCUT2D eigenvalue weighted by Gasteiger charge is 2.39. The van der Waals surface area contributed by atoms with E-state index in [1.54, 1.807) is 0 Å². The second-order valence-electron chi connectivity index (χ2n) is 8.06. The summed E-state index contributed by atoms with van der Waals surface area (Å²) in [5.41, 5.74) is 2.10. The minimum atomic E-state index is -0.767. The summed E-state index contributed by atoms with van der Waals surface area (Å²) >= 11 is 0. The van der Waals surface area contributed by atoms with E-state index < -0.39 is 12.1 Å². The van der Waals surface area contributed by atoms with Gasteiger partial charge < -0.3 is 15.6 Å². The van der Waals surface area contributed by atoms with Gasteiger partial charge in [-0.1, -0.05) is 43.9 Å². The largest absolute Gasteiger partial charge is 0.361 e. The first-order chi connectivity index (χ1) is 14.1. The molecule has 4 amide bonds. The number of rotatable bonds is 6. The summed E-state index contributed by atoms with van der Waals surface area (Å²) in [4.78, 5) is 41.8. The fourth-order valence-corrected chi connectivity index (χ4v) is 4.39. The molecule has 1 aromatic carbocycles. The molecule has 29 heavy (non-hydrogen) atoms. The number of hydrogen-bond acceptors (Lipinski definition) is 3. The predicted octanol–water partition coefficient (Wildman–Crippen LogP) is 2.86. The molecule has 154 valence electrons. The average molecular weight is 396 g/mol. The number of carbonyl (C=O) groups is 3. The number of carbonyl (C=O) groups excluding carboxylic acids is 3. The molecule has 0 radical (unpaired) electrons. The number of fused-ring (bicyclic) bond motifs is 1. The Balaban J connectivity index is 1.31. The number of urea groups is 1. The molecule has 0 spiro atoms. The highest BCUT2D eigenvalue weighted by Crippen LogP contribution is 2.20. The molecule has 3 N–H and O–H groups in total. The van der Waals surface area contributed by atoms with Crippen LogP contribution in [-0.2, 0) is 16.0 Å². The first-order valence-electron chi connectivity index (χ1n) is 10.6. The standard InChI is InChI=1S/C22H28N4O3/c27-20(24-16-7-3-1-2-4-8-16)13-19-21(28)26(22(29)25-19)12-11-15-14-23-18-10-6-5-9-17(15)18/h5-6,9-10,14,16,19,23H,1-4,7-8,11-13H2,(H,24,27)(H,25,29). The van der Waals surface area contributed by atoms with Crippen molar-refractivity contribution in [1.82, 2.24) is 20.5 Å². The van der Waals surface area contributed by atoms with Crippen molar-refractivity contribution in [3.05, 3.63) is 36.0 Å². The molecular formula is C22H28N4O3. The lowest BCUT2D eigenvalue weighted by molar-refractivity contribution is -0.131. The fraction of sp³-hybridized carbons (Fsp3) is 0.500. The SMILES string of the molecule is O=C(CC1NC(=O)N(CCc2c[nH]c3ccccc23)C1=O)NC1CCCCCC1. The van der Waals surface area contributed by atoms with Crippen LogP contribution in [-0.4, -0.2) is 46.4 Å². The Morgan fingerprint density at radius 3 is 2.66 bits per heavy atom. The lowest BCUT2D eigenvalue weighted by Gasteiger charge is -2.17. The predicted molar refractivity (Wildman–Crippen MR) is 110 cm³/mol. The second-order valence-corrected chi connectivity index (χ2v) is 8.06. The van der Waals surface area contributed by atoms with Gasteiger partial charge in [0, 0.05) is 29.7 Å². The number of benzene rings is 1. The van der Waals surface area contributed by atoms with Crippen LogP contribution >= 0.6 is 0 Å². The molecular weight excluding hydrogens is 368 g/mol. The first kappa shape index (κ1) is 19.5. The summed E-state index contributed by atoms with van der Waals surface area (Å²) in [6.07, 6.45) is 9.18. The summed E-state index contributed by atoms with van der Waals surface area (Å²) in [5, 5.41) is 6.81. The van der Waals surface area contributed by atoms with Crippen molar-refractivity contribution in [2.24, 2.45) is 0 Å². The van der Waals surface area contributed by atoms with E-state index in [0.717, 1.165) is 42.1 Å². The molecule has 7 heteroatoms. The van der Waals surface area contributed by atoms with E-state index in [2.05, 4.69) is 15.6 Å². The molecule has 1 saturated heterocycles. The number of aromatic nitrogens is 1. The maximum absolute atomic E-state index is 12.7. The summed E-state index contributed by atoms with van der Waals surface area (Å²) in [6.45, 7) is 0.299. The number of imide groups is 1. The third-order valence-corrected chi connectivity index (χ3v) is 6.00. The highest BCUT2D eigenvalue weighted by molar-refractivity contribution is 6.05. The Kier molecular flexibility index (Phi) is 5.83. The van der Waals surface area contributed by atoms with E-state index in [1.165, 1.54) is 17.7 Å². The van der Waals surface area contributed by atoms with Crippen molar-refractivity contribution < 1.29 is 14.4 Å². The van der Waals surface area contributed by atoms with Crippen molar-refractivity contribution >= 4 is 28.7 Å². The van der Waals surface area contributed by atoms with E-state index in [1.807, 2.05) is 30.5 Å². The van der Waals surface area contributed by atoms with Gasteiger partial charge in [0.2, 0.25) is 5.91 Å². The van der Waals surface area contributed by atoms with Crippen molar-refractivity contribution in [2.75, 3.05) is 6.54 Å². The van der Waals surface area contributed by atoms with Gasteiger partial charge in [0.15, 0.2) is 0 Å². The number of para-hydroxylation sites is 1. The molecule has 0 bridgehead atoms. The van der Waals surface area contributed by atoms with Crippen molar-refractivity contribution in [2.45, 2.75) is 63.5 Å². The van der Waals surface area contributed by atoms with E-state index in [9.17, 15) is 14.4 Å². The van der Waals surface area contributed by atoms with Crippen LogP contribution in [0.5, 0.6) is 0 Å². The molecule has 1 unspecified atom stereocenters. The monoisotopic (exact) mass is 396 g/mol. The van der Waals surface area contributed by atoms with Gasteiger partial charge in [-0.2, -0.15) is 0 Å². The van der Waals surface area contributed by atoms with Gasteiger partial charge in [-0.15, -0.1) is 0 Å². The first-order valence-corrected chi connectivity index (χ1v) is 10.6. The quantitative estimate of drug-likeness (QED) is 0.518. The van der Waals surface area contributed by atoms with Gasteiger partial charge in [-0.05, 0) is 30.9 Å². The van der Waals surface area contributed by atoms with Crippen LogP contribution in [0.15, 0.2) is 30.5 Å². The van der Waals surface area contributed by atoms with Crippen LogP contribution in [0.1, 0.15) is 50.5 Å². The molecule has 2 aliphatic rings. The van der Waals surface area contributed by atoms with Crippen LogP contribution in [0.25, 0.3) is 10.9 Å². The normalized spacial score (nSPS) is 20.7. The van der Waals surface area contributed by atoms with Crippen LogP contribution in [0, 0.1) is 0 Å². The maximum Gasteiger partial charge on any atom is 0.324 e. The zero-order chi connectivity index (χ0) is 20.2. The minimum Gasteiger partial charge on any atom is -0.361 e. The fourth-order valence-electron chi connectivity index (χ4n) is 4.39. The van der Waals surface area contributed by atoms with E-state index in [4.69, 9.17) is 0 Å². The summed E-state index contributed by atoms with van der Waals surface area (Å²) in [5.74, 6) is -0.472. The summed E-state index contributed by atoms with van der Waals surface area (Å²) < 4.78 is 0. The van der Waals surface area contributed by atoms with Crippen molar-refractivity contribution in [3.8, 4) is 0 Å². The summed E-state index contributed by atoms with van der Waals surface area (Å²) in [7, 11) is 0. The lowest BCUT2D eigenvalue weighted by atomic mass is 10.1. The van der Waals surface area contributed by atoms with Crippen LogP contribution in [0.4, 0.5) is 4.79 Å². The van der Waals surface area contributed by atoms with Crippen molar-refractivity contribution in [1.29, 1.82) is 0 Å². The van der Waals surface area contributed by atoms with Gasteiger partial charge in [-0.25, -0.2) is 4.79 Å². The molecule has 4 rings (SSSR count). The molecule has 1 aromatic heterocycles. The molecule has 1 saturated carbocycles. The smallest absolute Gasteiger partial charge is 0.324 e. The number of amides is 4. The molecule has 2 aromatic rings. The topological polar surface area (TPSA) is 94.3 Å².